The van der Waals surface area contributed by atoms with Gasteiger partial charge in [-0.05, 0) is 62.2 Å². The Kier molecular flexibility index (Phi) is 5.41. The second kappa shape index (κ2) is 7.92. The number of hydrogen-bond donors (Lipinski definition) is 2. The Hall–Kier alpha value is -3.33. The predicted octanol–water partition coefficient (Wildman–Crippen LogP) is 3.43. The molecule has 0 saturated carbocycles. The zero-order chi connectivity index (χ0) is 19.4. The van der Waals surface area contributed by atoms with E-state index in [1.165, 1.54) is 0 Å². The average molecular weight is 362 g/mol. The minimum atomic E-state index is -0.464. The van der Waals surface area contributed by atoms with Crippen LogP contribution in [0, 0.1) is 18.3 Å². The van der Waals surface area contributed by atoms with Gasteiger partial charge in [0.1, 0.15) is 6.04 Å². The Bertz CT molecular complexity index is 917. The lowest BCUT2D eigenvalue weighted by atomic mass is 10.1. The first-order valence-corrected chi connectivity index (χ1v) is 8.96. The lowest BCUT2D eigenvalue weighted by molar-refractivity contribution is -0.117. The van der Waals surface area contributed by atoms with Gasteiger partial charge in [0.15, 0.2) is 0 Å². The molecule has 2 aromatic carbocycles. The molecule has 2 aromatic rings. The Morgan fingerprint density at radius 3 is 2.70 bits per heavy atom. The monoisotopic (exact) mass is 362 g/mol. The summed E-state index contributed by atoms with van der Waals surface area (Å²) < 4.78 is 0. The van der Waals surface area contributed by atoms with Crippen molar-refractivity contribution in [2.45, 2.75) is 32.7 Å². The van der Waals surface area contributed by atoms with Crippen molar-refractivity contribution in [1.82, 2.24) is 0 Å². The Labute approximate surface area is 158 Å². The van der Waals surface area contributed by atoms with Crippen LogP contribution in [0.5, 0.6) is 0 Å². The Morgan fingerprint density at radius 1 is 1.22 bits per heavy atom. The lowest BCUT2D eigenvalue weighted by Gasteiger charge is -2.20. The number of nitrogens with one attached hydrogen (secondary N) is 2. The molecule has 1 aliphatic rings. The van der Waals surface area contributed by atoms with Gasteiger partial charge in [-0.25, -0.2) is 0 Å². The number of amides is 2. The van der Waals surface area contributed by atoms with Crippen LogP contribution in [0.1, 0.15) is 30.9 Å². The van der Waals surface area contributed by atoms with Gasteiger partial charge in [0.05, 0.1) is 11.6 Å². The molecule has 2 N–H and O–H groups in total. The summed E-state index contributed by atoms with van der Waals surface area (Å²) in [6.07, 6.45) is 1.49. The van der Waals surface area contributed by atoms with E-state index in [0.717, 1.165) is 29.9 Å². The van der Waals surface area contributed by atoms with Crippen LogP contribution in [-0.4, -0.2) is 24.4 Å². The number of nitriles is 1. The number of benzene rings is 2. The standard InChI is InChI=1S/C21H22N4O2/c1-14-11-18(8-9-19(14)25-10-4-7-20(25)26)23-15(2)21(27)24-17-6-3-5-16(12-17)13-22/h3,5-6,8-9,11-12,15,23H,4,7,10H2,1-2H3,(H,24,27)/t15-/m0/s1. The van der Waals surface area contributed by atoms with Gasteiger partial charge in [-0.2, -0.15) is 5.26 Å². The van der Waals surface area contributed by atoms with E-state index in [4.69, 9.17) is 5.26 Å². The highest BCUT2D eigenvalue weighted by molar-refractivity contribution is 5.97. The zero-order valence-electron chi connectivity index (χ0n) is 15.5. The molecule has 1 atom stereocenters. The summed E-state index contributed by atoms with van der Waals surface area (Å²) in [7, 11) is 0. The molecular weight excluding hydrogens is 340 g/mol. The summed E-state index contributed by atoms with van der Waals surface area (Å²) in [4.78, 5) is 26.2. The number of nitrogens with zero attached hydrogens (tertiary/aromatic N) is 2. The molecule has 27 heavy (non-hydrogen) atoms. The summed E-state index contributed by atoms with van der Waals surface area (Å²) in [6.45, 7) is 4.49. The second-order valence-corrected chi connectivity index (χ2v) is 6.70. The first-order chi connectivity index (χ1) is 13.0. The van der Waals surface area contributed by atoms with Crippen LogP contribution in [-0.2, 0) is 9.59 Å². The fourth-order valence-electron chi connectivity index (χ4n) is 3.18. The van der Waals surface area contributed by atoms with Crippen LogP contribution in [0.3, 0.4) is 0 Å². The number of carbonyl (C=O) groups excluding carboxylic acids is 2. The third-order valence-corrected chi connectivity index (χ3v) is 4.60. The molecule has 1 aliphatic heterocycles. The van der Waals surface area contributed by atoms with Gasteiger partial charge < -0.3 is 15.5 Å². The molecule has 3 rings (SSSR count). The third-order valence-electron chi connectivity index (χ3n) is 4.60. The van der Waals surface area contributed by atoms with E-state index < -0.39 is 6.04 Å². The SMILES string of the molecule is Cc1cc(N[C@@H](C)C(=O)Nc2cccc(C#N)c2)ccc1N1CCCC1=O. The summed E-state index contributed by atoms with van der Waals surface area (Å²) in [5.74, 6) is -0.0345. The van der Waals surface area contributed by atoms with Crippen molar-refractivity contribution in [3.05, 3.63) is 53.6 Å². The quantitative estimate of drug-likeness (QED) is 0.853. The zero-order valence-corrected chi connectivity index (χ0v) is 15.5. The molecule has 1 saturated heterocycles. The van der Waals surface area contributed by atoms with Gasteiger partial charge >= 0.3 is 0 Å². The first kappa shape index (κ1) is 18.5. The van der Waals surface area contributed by atoms with E-state index in [9.17, 15) is 9.59 Å². The lowest BCUT2D eigenvalue weighted by Crippen LogP contribution is -2.32. The van der Waals surface area contributed by atoms with E-state index in [0.29, 0.717) is 17.7 Å². The first-order valence-electron chi connectivity index (χ1n) is 8.96. The van der Waals surface area contributed by atoms with Crippen LogP contribution in [0.2, 0.25) is 0 Å². The highest BCUT2D eigenvalue weighted by atomic mass is 16.2. The van der Waals surface area contributed by atoms with E-state index >= 15 is 0 Å². The van der Waals surface area contributed by atoms with Crippen molar-refractivity contribution < 1.29 is 9.59 Å². The van der Waals surface area contributed by atoms with E-state index in [1.807, 2.05) is 30.0 Å². The molecule has 2 amide bonds. The van der Waals surface area contributed by atoms with Crippen LogP contribution in [0.25, 0.3) is 0 Å². The molecule has 0 bridgehead atoms. The molecule has 0 spiro atoms. The van der Waals surface area contributed by atoms with Crippen molar-refractivity contribution in [2.24, 2.45) is 0 Å². The minimum absolute atomic E-state index is 0.158. The van der Waals surface area contributed by atoms with Gasteiger partial charge in [-0.1, -0.05) is 6.07 Å². The van der Waals surface area contributed by atoms with Gasteiger partial charge in [0, 0.05) is 30.0 Å². The van der Waals surface area contributed by atoms with Crippen molar-refractivity contribution in [2.75, 3.05) is 22.1 Å². The molecule has 138 valence electrons. The molecule has 1 heterocycles. The average Bonchev–Trinajstić information content (AvgIpc) is 3.07. The summed E-state index contributed by atoms with van der Waals surface area (Å²) in [6, 6.07) is 14.1. The van der Waals surface area contributed by atoms with Crippen molar-refractivity contribution in [3.63, 3.8) is 0 Å². The van der Waals surface area contributed by atoms with E-state index in [2.05, 4.69) is 16.7 Å². The normalized spacial score (nSPS) is 14.6. The third kappa shape index (κ3) is 4.26. The van der Waals surface area contributed by atoms with Crippen LogP contribution in [0.4, 0.5) is 17.1 Å². The van der Waals surface area contributed by atoms with Gasteiger partial charge in [-0.15, -0.1) is 0 Å². The van der Waals surface area contributed by atoms with Gasteiger partial charge in [0.25, 0.3) is 0 Å². The maximum Gasteiger partial charge on any atom is 0.246 e. The van der Waals surface area contributed by atoms with Gasteiger partial charge in [-0.3, -0.25) is 9.59 Å². The molecule has 0 unspecified atom stereocenters. The minimum Gasteiger partial charge on any atom is -0.374 e. The smallest absolute Gasteiger partial charge is 0.246 e. The molecule has 6 heteroatoms. The molecule has 1 fully saturated rings. The largest absolute Gasteiger partial charge is 0.374 e. The fourth-order valence-corrected chi connectivity index (χ4v) is 3.18. The number of rotatable bonds is 5. The van der Waals surface area contributed by atoms with Crippen molar-refractivity contribution in [1.29, 1.82) is 5.26 Å². The predicted molar refractivity (Wildman–Crippen MR) is 106 cm³/mol. The Morgan fingerprint density at radius 2 is 2.04 bits per heavy atom. The maximum atomic E-state index is 12.4. The molecule has 6 nitrogen and oxygen atoms in total. The van der Waals surface area contributed by atoms with Crippen LogP contribution >= 0.6 is 0 Å². The highest BCUT2D eigenvalue weighted by Crippen LogP contribution is 2.27. The van der Waals surface area contributed by atoms with Crippen LogP contribution in [0.15, 0.2) is 42.5 Å². The highest BCUT2D eigenvalue weighted by Gasteiger charge is 2.23. The molecule has 0 aliphatic carbocycles. The maximum absolute atomic E-state index is 12.4. The summed E-state index contributed by atoms with van der Waals surface area (Å²) in [5, 5.41) is 14.9. The van der Waals surface area contributed by atoms with Gasteiger partial charge in [0.2, 0.25) is 11.8 Å². The topological polar surface area (TPSA) is 85.2 Å². The number of anilines is 3. The number of carbonyl (C=O) groups is 2. The molecule has 0 aromatic heterocycles. The fraction of sp³-hybridized carbons (Fsp3) is 0.286. The van der Waals surface area contributed by atoms with E-state index in [-0.39, 0.29) is 11.8 Å². The Balaban J connectivity index is 1.65. The van der Waals surface area contributed by atoms with Crippen LogP contribution < -0.4 is 15.5 Å². The number of hydrogen-bond acceptors (Lipinski definition) is 4. The van der Waals surface area contributed by atoms with E-state index in [1.54, 1.807) is 31.2 Å². The van der Waals surface area contributed by atoms with Crippen molar-refractivity contribution in [3.8, 4) is 6.07 Å². The summed E-state index contributed by atoms with van der Waals surface area (Å²) in [5.41, 5.74) is 3.82. The molecule has 0 radical (unpaired) electrons. The van der Waals surface area contributed by atoms with Crippen molar-refractivity contribution >= 4 is 28.9 Å². The second-order valence-electron chi connectivity index (χ2n) is 6.70. The molecular formula is C21H22N4O2. The summed E-state index contributed by atoms with van der Waals surface area (Å²) >= 11 is 0. The number of aryl methyl sites for hydroxylation is 1.